The number of nitrogens with zero attached hydrogens (tertiary/aromatic N) is 1. The van der Waals surface area contributed by atoms with Gasteiger partial charge in [-0.2, -0.15) is 0 Å². The van der Waals surface area contributed by atoms with E-state index in [1.807, 2.05) is 13.0 Å². The maximum absolute atomic E-state index is 12.2. The van der Waals surface area contributed by atoms with Gasteiger partial charge in [-0.3, -0.25) is 4.79 Å². The Hall–Kier alpha value is -1.66. The van der Waals surface area contributed by atoms with Crippen LogP contribution in [0.4, 0.5) is 0 Å². The largest absolute Gasteiger partial charge is 0.483 e. The molecule has 0 radical (unpaired) electrons. The summed E-state index contributed by atoms with van der Waals surface area (Å²) in [4.78, 5) is 14.1. The molecule has 1 aliphatic rings. The molecule has 2 atom stereocenters. The average molecular weight is 308 g/mol. The minimum atomic E-state index is -0.328. The summed E-state index contributed by atoms with van der Waals surface area (Å²) in [6.07, 6.45) is 0.279. The van der Waals surface area contributed by atoms with E-state index < -0.39 is 0 Å². The van der Waals surface area contributed by atoms with E-state index in [-0.39, 0.29) is 29.5 Å². The molecule has 3 N–H and O–H groups in total. The maximum atomic E-state index is 12.2. The Balaban J connectivity index is 1.94. The van der Waals surface area contributed by atoms with Gasteiger partial charge in [0, 0.05) is 13.1 Å². The minimum Gasteiger partial charge on any atom is -0.483 e. The first kappa shape index (κ1) is 15.7. The van der Waals surface area contributed by atoms with Gasteiger partial charge >= 0.3 is 0 Å². The van der Waals surface area contributed by atoms with Gasteiger partial charge < -0.3 is 20.5 Å². The number of aliphatic hydroxyl groups is 1. The van der Waals surface area contributed by atoms with Crippen molar-refractivity contribution in [2.24, 2.45) is 11.7 Å². The maximum Gasteiger partial charge on any atom is 0.260 e. The fourth-order valence-corrected chi connectivity index (χ4v) is 2.56. The Morgan fingerprint density at radius 2 is 2.24 bits per heavy atom. The highest BCUT2D eigenvalue weighted by Gasteiger charge is 2.27. The molecule has 0 aliphatic carbocycles. The summed E-state index contributed by atoms with van der Waals surface area (Å²) in [6, 6.07) is 7.13. The molecule has 1 aromatic carbocycles. The van der Waals surface area contributed by atoms with Crippen LogP contribution in [0.5, 0.6) is 5.75 Å². The molecule has 1 saturated heterocycles. The summed E-state index contributed by atoms with van der Waals surface area (Å²) >= 11 is 4.96. The highest BCUT2D eigenvalue weighted by atomic mass is 32.1. The number of carbonyl (C=O) groups is 1. The lowest BCUT2D eigenvalue weighted by Gasteiger charge is -2.34. The van der Waals surface area contributed by atoms with Crippen molar-refractivity contribution in [3.8, 4) is 5.75 Å². The van der Waals surface area contributed by atoms with Gasteiger partial charge in [-0.1, -0.05) is 31.3 Å². The average Bonchev–Trinajstić information content (AvgIpc) is 2.47. The monoisotopic (exact) mass is 308 g/mol. The number of para-hydroxylation sites is 1. The van der Waals surface area contributed by atoms with Crippen LogP contribution in [0.1, 0.15) is 18.9 Å². The molecule has 2 unspecified atom stereocenters. The Labute approximate surface area is 129 Å². The normalized spacial score (nSPS) is 21.9. The molecule has 6 heteroatoms. The molecule has 114 valence electrons. The molecule has 0 saturated carbocycles. The van der Waals surface area contributed by atoms with Crippen molar-refractivity contribution < 1.29 is 14.6 Å². The zero-order valence-electron chi connectivity index (χ0n) is 12.0. The summed E-state index contributed by atoms with van der Waals surface area (Å²) in [5.41, 5.74) is 6.25. The van der Waals surface area contributed by atoms with E-state index >= 15 is 0 Å². The quantitative estimate of drug-likeness (QED) is 0.809. The van der Waals surface area contributed by atoms with Crippen molar-refractivity contribution in [2.45, 2.75) is 19.4 Å². The van der Waals surface area contributed by atoms with E-state index in [4.69, 9.17) is 22.7 Å². The number of likely N-dealkylation sites (tertiary alicyclic amines) is 1. The standard InChI is InChI=1S/C15H20N2O3S/c1-10-8-17(7-6-12(10)18)14(19)9-20-13-5-3-2-4-11(13)15(16)21/h2-5,10,12,18H,6-9H2,1H3,(H2,16,21). The second-order valence-corrected chi connectivity index (χ2v) is 5.76. The number of carbonyl (C=O) groups excluding carboxylic acids is 1. The van der Waals surface area contributed by atoms with Gasteiger partial charge in [0.25, 0.3) is 5.91 Å². The van der Waals surface area contributed by atoms with Crippen LogP contribution in [0.2, 0.25) is 0 Å². The van der Waals surface area contributed by atoms with E-state index in [2.05, 4.69) is 0 Å². The summed E-state index contributed by atoms with van der Waals surface area (Å²) < 4.78 is 5.55. The molecule has 0 bridgehead atoms. The van der Waals surface area contributed by atoms with Gasteiger partial charge in [0.15, 0.2) is 6.61 Å². The Morgan fingerprint density at radius 1 is 1.52 bits per heavy atom. The van der Waals surface area contributed by atoms with Crippen molar-refractivity contribution >= 4 is 23.1 Å². The second kappa shape index (κ2) is 6.87. The lowest BCUT2D eigenvalue weighted by atomic mass is 9.97. The number of benzene rings is 1. The van der Waals surface area contributed by atoms with Crippen LogP contribution in [-0.2, 0) is 4.79 Å². The minimum absolute atomic E-state index is 0.0531. The van der Waals surface area contributed by atoms with Gasteiger partial charge in [-0.25, -0.2) is 0 Å². The SMILES string of the molecule is CC1CN(C(=O)COc2ccccc2C(N)=S)CCC1O. The van der Waals surface area contributed by atoms with E-state index in [1.165, 1.54) is 0 Å². The third kappa shape index (κ3) is 3.92. The topological polar surface area (TPSA) is 75.8 Å². The van der Waals surface area contributed by atoms with Gasteiger partial charge in [0.1, 0.15) is 10.7 Å². The highest BCUT2D eigenvalue weighted by molar-refractivity contribution is 7.80. The van der Waals surface area contributed by atoms with Crippen molar-refractivity contribution in [1.29, 1.82) is 0 Å². The number of amides is 1. The predicted molar refractivity (Wildman–Crippen MR) is 84.2 cm³/mol. The van der Waals surface area contributed by atoms with Crippen LogP contribution in [0.25, 0.3) is 0 Å². The molecule has 5 nitrogen and oxygen atoms in total. The van der Waals surface area contributed by atoms with E-state index in [9.17, 15) is 9.90 Å². The first-order valence-electron chi connectivity index (χ1n) is 6.96. The molecule has 0 spiro atoms. The molecule has 1 aliphatic heterocycles. The molecule has 2 rings (SSSR count). The van der Waals surface area contributed by atoms with Crippen LogP contribution in [-0.4, -0.2) is 46.7 Å². The number of hydrogen-bond acceptors (Lipinski definition) is 4. The third-order valence-corrected chi connectivity index (χ3v) is 3.94. The number of ether oxygens (including phenoxy) is 1. The second-order valence-electron chi connectivity index (χ2n) is 5.32. The molecule has 21 heavy (non-hydrogen) atoms. The third-order valence-electron chi connectivity index (χ3n) is 3.72. The highest BCUT2D eigenvalue weighted by Crippen LogP contribution is 2.19. The van der Waals surface area contributed by atoms with Crippen molar-refractivity contribution in [3.05, 3.63) is 29.8 Å². The van der Waals surface area contributed by atoms with Crippen LogP contribution in [0.3, 0.4) is 0 Å². The molecule has 1 amide bonds. The number of nitrogens with two attached hydrogens (primary N) is 1. The van der Waals surface area contributed by atoms with Gasteiger partial charge in [-0.05, 0) is 24.5 Å². The van der Waals surface area contributed by atoms with Crippen molar-refractivity contribution in [3.63, 3.8) is 0 Å². The number of aliphatic hydroxyl groups excluding tert-OH is 1. The summed E-state index contributed by atoms with van der Waals surface area (Å²) in [6.45, 7) is 3.00. The lowest BCUT2D eigenvalue weighted by Crippen LogP contribution is -2.46. The summed E-state index contributed by atoms with van der Waals surface area (Å²) in [5, 5.41) is 9.69. The zero-order chi connectivity index (χ0) is 15.4. The summed E-state index contributed by atoms with van der Waals surface area (Å²) in [7, 11) is 0. The first-order chi connectivity index (χ1) is 9.99. The number of thiocarbonyl (C=S) groups is 1. The molecular weight excluding hydrogens is 288 g/mol. The molecule has 1 aromatic rings. The number of piperidine rings is 1. The van der Waals surface area contributed by atoms with E-state index in [0.717, 1.165) is 0 Å². The molecular formula is C15H20N2O3S. The van der Waals surface area contributed by atoms with Gasteiger partial charge in [0.05, 0.1) is 11.7 Å². The van der Waals surface area contributed by atoms with Gasteiger partial charge in [0.2, 0.25) is 0 Å². The summed E-state index contributed by atoms with van der Waals surface area (Å²) in [5.74, 6) is 0.515. The van der Waals surface area contributed by atoms with E-state index in [0.29, 0.717) is 30.8 Å². The van der Waals surface area contributed by atoms with Crippen LogP contribution < -0.4 is 10.5 Å². The number of rotatable bonds is 4. The predicted octanol–water partition coefficient (Wildman–Crippen LogP) is 0.929. The Morgan fingerprint density at radius 3 is 2.90 bits per heavy atom. The van der Waals surface area contributed by atoms with Crippen LogP contribution in [0, 0.1) is 5.92 Å². The van der Waals surface area contributed by atoms with Crippen LogP contribution in [0.15, 0.2) is 24.3 Å². The lowest BCUT2D eigenvalue weighted by molar-refractivity contribution is -0.136. The zero-order valence-corrected chi connectivity index (χ0v) is 12.8. The fraction of sp³-hybridized carbons (Fsp3) is 0.467. The van der Waals surface area contributed by atoms with E-state index in [1.54, 1.807) is 23.1 Å². The van der Waals surface area contributed by atoms with Crippen molar-refractivity contribution in [1.82, 2.24) is 4.90 Å². The van der Waals surface area contributed by atoms with Gasteiger partial charge in [-0.15, -0.1) is 0 Å². The first-order valence-corrected chi connectivity index (χ1v) is 7.37. The smallest absolute Gasteiger partial charge is 0.260 e. The fourth-order valence-electron chi connectivity index (χ4n) is 2.39. The number of hydrogen-bond donors (Lipinski definition) is 2. The Bertz CT molecular complexity index is 535. The molecule has 1 heterocycles. The van der Waals surface area contributed by atoms with Crippen LogP contribution >= 0.6 is 12.2 Å². The van der Waals surface area contributed by atoms with Crippen molar-refractivity contribution in [2.75, 3.05) is 19.7 Å². The molecule has 1 fully saturated rings. The Kier molecular flexibility index (Phi) is 5.14. The molecule has 0 aromatic heterocycles.